The highest BCUT2D eigenvalue weighted by Crippen LogP contribution is 2.41. The van der Waals surface area contributed by atoms with Crippen molar-refractivity contribution in [3.63, 3.8) is 0 Å². The third kappa shape index (κ3) is 2.67. The molecule has 3 rings (SSSR count). The average Bonchev–Trinajstić information content (AvgIpc) is 2.50. The summed E-state index contributed by atoms with van der Waals surface area (Å²) < 4.78 is 11.5. The van der Waals surface area contributed by atoms with Gasteiger partial charge < -0.3 is 20.3 Å². The van der Waals surface area contributed by atoms with Crippen LogP contribution in [0, 0.1) is 0 Å². The van der Waals surface area contributed by atoms with Gasteiger partial charge in [-0.05, 0) is 30.7 Å². The molecule has 0 spiro atoms. The minimum atomic E-state index is -0.130. The van der Waals surface area contributed by atoms with Crippen molar-refractivity contribution < 1.29 is 14.6 Å². The molecule has 0 fully saturated rings. The van der Waals surface area contributed by atoms with Crippen LogP contribution in [0.1, 0.15) is 36.6 Å². The van der Waals surface area contributed by atoms with E-state index in [1.807, 2.05) is 43.3 Å². The summed E-state index contributed by atoms with van der Waals surface area (Å²) in [6.45, 7) is 2.39. The van der Waals surface area contributed by atoms with Crippen LogP contribution in [0.2, 0.25) is 0 Å². The fourth-order valence-electron chi connectivity index (χ4n) is 2.66. The fraction of sp³-hybridized carbons (Fsp3) is 0.294. The molecule has 0 radical (unpaired) electrons. The molecule has 4 heteroatoms. The van der Waals surface area contributed by atoms with E-state index in [2.05, 4.69) is 0 Å². The Morgan fingerprint density at radius 2 is 2.10 bits per heavy atom. The van der Waals surface area contributed by atoms with Gasteiger partial charge in [0.2, 0.25) is 0 Å². The molecule has 1 aliphatic heterocycles. The number of phenols is 1. The maximum absolute atomic E-state index is 9.78. The molecule has 0 bridgehead atoms. The summed E-state index contributed by atoms with van der Waals surface area (Å²) in [6.07, 6.45) is 0.572. The predicted molar refractivity (Wildman–Crippen MR) is 80.6 cm³/mol. The van der Waals surface area contributed by atoms with Gasteiger partial charge in [-0.25, -0.2) is 0 Å². The largest absolute Gasteiger partial charge is 0.504 e. The van der Waals surface area contributed by atoms with Crippen molar-refractivity contribution in [1.29, 1.82) is 0 Å². The van der Waals surface area contributed by atoms with Crippen LogP contribution in [0.4, 0.5) is 0 Å². The van der Waals surface area contributed by atoms with Gasteiger partial charge in [0, 0.05) is 18.0 Å². The predicted octanol–water partition coefficient (Wildman–Crippen LogP) is 3.31. The number of ether oxygens (including phenoxy) is 2. The van der Waals surface area contributed by atoms with Crippen molar-refractivity contribution in [3.8, 4) is 17.2 Å². The van der Waals surface area contributed by atoms with Crippen molar-refractivity contribution in [1.82, 2.24) is 0 Å². The summed E-state index contributed by atoms with van der Waals surface area (Å²) in [6, 6.07) is 13.1. The van der Waals surface area contributed by atoms with Crippen LogP contribution in [0.3, 0.4) is 0 Å². The van der Waals surface area contributed by atoms with E-state index < -0.39 is 0 Å². The van der Waals surface area contributed by atoms with Crippen molar-refractivity contribution in [2.75, 3.05) is 6.61 Å². The third-order valence-electron chi connectivity index (χ3n) is 3.71. The molecule has 2 aromatic carbocycles. The normalized spacial score (nSPS) is 20.5. The molecule has 1 unspecified atom stereocenters. The van der Waals surface area contributed by atoms with E-state index in [9.17, 15) is 5.11 Å². The Kier molecular flexibility index (Phi) is 3.71. The van der Waals surface area contributed by atoms with Crippen molar-refractivity contribution in [2.24, 2.45) is 5.73 Å². The highest BCUT2D eigenvalue weighted by Gasteiger charge is 2.27. The molecule has 1 aliphatic rings. The van der Waals surface area contributed by atoms with E-state index in [0.29, 0.717) is 18.8 Å². The molecule has 2 aromatic rings. The Balaban J connectivity index is 1.90. The molecule has 4 nitrogen and oxygen atoms in total. The first kappa shape index (κ1) is 13.8. The van der Waals surface area contributed by atoms with E-state index in [0.717, 1.165) is 16.9 Å². The Bertz CT molecular complexity index is 642. The molecule has 0 aliphatic carbocycles. The van der Waals surface area contributed by atoms with E-state index >= 15 is 0 Å². The van der Waals surface area contributed by atoms with Crippen molar-refractivity contribution >= 4 is 0 Å². The van der Waals surface area contributed by atoms with Crippen LogP contribution in [0.25, 0.3) is 0 Å². The lowest BCUT2D eigenvalue weighted by molar-refractivity contribution is 0.161. The molecular weight excluding hydrogens is 266 g/mol. The molecule has 21 heavy (non-hydrogen) atoms. The number of hydrogen-bond donors (Lipinski definition) is 2. The SMILES string of the molecule is CCOc1cc(C2C[C@@H](N)c3ccccc3O2)ccc1O. The Morgan fingerprint density at radius 1 is 1.29 bits per heavy atom. The van der Waals surface area contributed by atoms with Crippen LogP contribution >= 0.6 is 0 Å². The van der Waals surface area contributed by atoms with Crippen molar-refractivity contribution in [3.05, 3.63) is 53.6 Å². The summed E-state index contributed by atoms with van der Waals surface area (Å²) in [4.78, 5) is 0. The molecule has 110 valence electrons. The van der Waals surface area contributed by atoms with Gasteiger partial charge in [0.05, 0.1) is 6.61 Å². The molecule has 0 aromatic heterocycles. The Morgan fingerprint density at radius 3 is 2.90 bits per heavy atom. The van der Waals surface area contributed by atoms with E-state index in [1.165, 1.54) is 0 Å². The number of fused-ring (bicyclic) bond motifs is 1. The summed E-state index contributed by atoms with van der Waals surface area (Å²) >= 11 is 0. The van der Waals surface area contributed by atoms with Crippen LogP contribution < -0.4 is 15.2 Å². The summed E-state index contributed by atoms with van der Waals surface area (Å²) in [5.74, 6) is 1.44. The molecule has 1 heterocycles. The van der Waals surface area contributed by atoms with Gasteiger partial charge in [0.15, 0.2) is 11.5 Å². The highest BCUT2D eigenvalue weighted by molar-refractivity contribution is 5.44. The van der Waals surface area contributed by atoms with E-state index in [-0.39, 0.29) is 17.9 Å². The first-order valence-electron chi connectivity index (χ1n) is 7.16. The number of rotatable bonds is 3. The van der Waals surface area contributed by atoms with E-state index in [4.69, 9.17) is 15.2 Å². The van der Waals surface area contributed by atoms with Gasteiger partial charge in [-0.2, -0.15) is 0 Å². The van der Waals surface area contributed by atoms with E-state index in [1.54, 1.807) is 6.07 Å². The number of nitrogens with two attached hydrogens (primary N) is 1. The summed E-state index contributed by atoms with van der Waals surface area (Å²) in [7, 11) is 0. The third-order valence-corrected chi connectivity index (χ3v) is 3.71. The lowest BCUT2D eigenvalue weighted by Crippen LogP contribution is -2.24. The van der Waals surface area contributed by atoms with Crippen molar-refractivity contribution in [2.45, 2.75) is 25.5 Å². The lowest BCUT2D eigenvalue weighted by Gasteiger charge is -2.30. The first-order chi connectivity index (χ1) is 10.2. The van der Waals surface area contributed by atoms with Crippen LogP contribution in [0.15, 0.2) is 42.5 Å². The lowest BCUT2D eigenvalue weighted by atomic mass is 9.93. The molecule has 0 saturated heterocycles. The van der Waals surface area contributed by atoms with Gasteiger partial charge in [0.1, 0.15) is 11.9 Å². The van der Waals surface area contributed by atoms with Gasteiger partial charge in [-0.15, -0.1) is 0 Å². The fourth-order valence-corrected chi connectivity index (χ4v) is 2.66. The zero-order chi connectivity index (χ0) is 14.8. The van der Waals surface area contributed by atoms with Gasteiger partial charge in [-0.1, -0.05) is 24.3 Å². The molecular formula is C17H19NO3. The summed E-state index contributed by atoms with van der Waals surface area (Å²) in [5.41, 5.74) is 8.24. The minimum absolute atomic E-state index is 0.0516. The molecule has 2 atom stereocenters. The second-order valence-electron chi connectivity index (χ2n) is 5.15. The monoisotopic (exact) mass is 285 g/mol. The van der Waals surface area contributed by atoms with Crippen LogP contribution in [-0.4, -0.2) is 11.7 Å². The van der Waals surface area contributed by atoms with Crippen LogP contribution in [-0.2, 0) is 0 Å². The first-order valence-corrected chi connectivity index (χ1v) is 7.16. The zero-order valence-electron chi connectivity index (χ0n) is 12.0. The average molecular weight is 285 g/mol. The smallest absolute Gasteiger partial charge is 0.161 e. The Hall–Kier alpha value is -2.20. The Labute approximate surface area is 124 Å². The highest BCUT2D eigenvalue weighted by atomic mass is 16.5. The minimum Gasteiger partial charge on any atom is -0.504 e. The molecule has 0 saturated carbocycles. The topological polar surface area (TPSA) is 64.7 Å². The number of phenolic OH excluding ortho intramolecular Hbond substituents is 1. The van der Waals surface area contributed by atoms with Gasteiger partial charge >= 0.3 is 0 Å². The maximum Gasteiger partial charge on any atom is 0.161 e. The summed E-state index contributed by atoms with van der Waals surface area (Å²) in [5, 5.41) is 9.78. The second kappa shape index (κ2) is 5.66. The number of aromatic hydroxyl groups is 1. The van der Waals surface area contributed by atoms with Gasteiger partial charge in [-0.3, -0.25) is 0 Å². The number of hydrogen-bond acceptors (Lipinski definition) is 4. The van der Waals surface area contributed by atoms with Gasteiger partial charge in [0.25, 0.3) is 0 Å². The number of para-hydroxylation sites is 1. The maximum atomic E-state index is 9.78. The quantitative estimate of drug-likeness (QED) is 0.908. The molecule has 3 N–H and O–H groups in total. The second-order valence-corrected chi connectivity index (χ2v) is 5.15. The number of benzene rings is 2. The standard InChI is InChI=1S/C17H19NO3/c1-2-20-17-9-11(7-8-14(17)19)16-10-13(18)12-5-3-4-6-15(12)21-16/h3-9,13,16,19H,2,10,18H2,1H3/t13-,16?/m1/s1. The zero-order valence-corrected chi connectivity index (χ0v) is 12.0. The molecule has 0 amide bonds. The van der Waals surface area contributed by atoms with Crippen LogP contribution in [0.5, 0.6) is 17.2 Å².